The summed E-state index contributed by atoms with van der Waals surface area (Å²) in [7, 11) is 0. The topological polar surface area (TPSA) is 73.4 Å². The van der Waals surface area contributed by atoms with E-state index in [0.717, 1.165) is 27.0 Å². The van der Waals surface area contributed by atoms with Crippen molar-refractivity contribution >= 4 is 50.7 Å². The lowest BCUT2D eigenvalue weighted by Crippen LogP contribution is -1.94. The van der Waals surface area contributed by atoms with Crippen molar-refractivity contribution < 1.29 is 0 Å². The third-order valence-corrected chi connectivity index (χ3v) is 5.91. The Labute approximate surface area is 174 Å². The van der Waals surface area contributed by atoms with Gasteiger partial charge in [-0.15, -0.1) is 23.1 Å². The van der Waals surface area contributed by atoms with E-state index in [1.165, 1.54) is 23.1 Å². The minimum Gasteiger partial charge on any atom is -0.245 e. The Bertz CT molecular complexity index is 1100. The standard InChI is InChI=1S/C20H13BrN4S2/c1-12-17(8-15(10-23)19(24-12)26-2)18-11-27-20(25-18)14(9-22)7-13-3-5-16(21)6-4-13/h3-8,11H,1-2H3. The molecule has 0 amide bonds. The lowest BCUT2D eigenvalue weighted by atomic mass is 10.1. The third kappa shape index (κ3) is 4.28. The van der Waals surface area contributed by atoms with Gasteiger partial charge in [0, 0.05) is 21.1 Å². The molecule has 0 aliphatic carbocycles. The number of rotatable bonds is 4. The molecule has 0 spiro atoms. The zero-order chi connectivity index (χ0) is 19.4. The Hall–Kier alpha value is -2.45. The van der Waals surface area contributed by atoms with Crippen LogP contribution in [-0.4, -0.2) is 16.2 Å². The highest BCUT2D eigenvalue weighted by Gasteiger charge is 2.14. The van der Waals surface area contributed by atoms with Gasteiger partial charge in [0.05, 0.1) is 16.8 Å². The normalized spacial score (nSPS) is 11.1. The van der Waals surface area contributed by atoms with Crippen LogP contribution in [0.2, 0.25) is 0 Å². The molecule has 0 bridgehead atoms. The Morgan fingerprint density at radius 1 is 1.22 bits per heavy atom. The smallest absolute Gasteiger partial charge is 0.134 e. The van der Waals surface area contributed by atoms with Crippen molar-refractivity contribution in [3.8, 4) is 23.4 Å². The van der Waals surface area contributed by atoms with E-state index < -0.39 is 0 Å². The minimum absolute atomic E-state index is 0.500. The van der Waals surface area contributed by atoms with Crippen LogP contribution in [0.4, 0.5) is 0 Å². The molecule has 4 nitrogen and oxygen atoms in total. The molecule has 0 aliphatic heterocycles. The number of halogens is 1. The number of aromatic nitrogens is 2. The van der Waals surface area contributed by atoms with E-state index in [1.807, 2.05) is 55.0 Å². The quantitative estimate of drug-likeness (QED) is 0.361. The predicted molar refractivity (Wildman–Crippen MR) is 114 cm³/mol. The van der Waals surface area contributed by atoms with Crippen LogP contribution in [0.25, 0.3) is 22.9 Å². The molecule has 1 aromatic carbocycles. The fourth-order valence-corrected chi connectivity index (χ4v) is 4.07. The van der Waals surface area contributed by atoms with Gasteiger partial charge in [-0.1, -0.05) is 28.1 Å². The highest BCUT2D eigenvalue weighted by atomic mass is 79.9. The molecule has 2 heterocycles. The van der Waals surface area contributed by atoms with Crippen LogP contribution in [-0.2, 0) is 0 Å². The third-order valence-electron chi connectivity index (χ3n) is 3.80. The summed E-state index contributed by atoms with van der Waals surface area (Å²) in [6.45, 7) is 1.90. The first-order chi connectivity index (χ1) is 13.0. The molecule has 3 aromatic rings. The summed E-state index contributed by atoms with van der Waals surface area (Å²) in [4.78, 5) is 9.13. The minimum atomic E-state index is 0.500. The SMILES string of the molecule is CSc1nc(C)c(-c2csc(C(C#N)=Cc3ccc(Br)cc3)n2)cc1C#N. The number of benzene rings is 1. The number of aryl methyl sites for hydroxylation is 1. The van der Waals surface area contributed by atoms with Crippen LogP contribution < -0.4 is 0 Å². The number of nitrogens with zero attached hydrogens (tertiary/aromatic N) is 4. The summed E-state index contributed by atoms with van der Waals surface area (Å²) < 4.78 is 0.986. The first kappa shape index (κ1) is 19.3. The van der Waals surface area contributed by atoms with Gasteiger partial charge < -0.3 is 0 Å². The van der Waals surface area contributed by atoms with Gasteiger partial charge >= 0.3 is 0 Å². The van der Waals surface area contributed by atoms with Crippen LogP contribution in [0.1, 0.15) is 21.8 Å². The summed E-state index contributed by atoms with van der Waals surface area (Å²) in [5.74, 6) is 0. The van der Waals surface area contributed by atoms with Crippen molar-refractivity contribution in [1.82, 2.24) is 9.97 Å². The molecule has 0 fully saturated rings. The fraction of sp³-hybridized carbons (Fsp3) is 0.100. The molecular weight excluding hydrogens is 440 g/mol. The number of hydrogen-bond donors (Lipinski definition) is 0. The monoisotopic (exact) mass is 452 g/mol. The van der Waals surface area contributed by atoms with E-state index in [-0.39, 0.29) is 0 Å². The molecule has 0 N–H and O–H groups in total. The maximum absolute atomic E-state index is 9.56. The summed E-state index contributed by atoms with van der Waals surface area (Å²) in [6, 6.07) is 14.0. The number of nitriles is 2. The Morgan fingerprint density at radius 3 is 2.59 bits per heavy atom. The second-order valence-electron chi connectivity index (χ2n) is 5.55. The molecule has 7 heteroatoms. The van der Waals surface area contributed by atoms with Crippen LogP contribution in [0.15, 0.2) is 45.2 Å². The molecule has 0 radical (unpaired) electrons. The molecule has 0 saturated carbocycles. The molecule has 0 atom stereocenters. The van der Waals surface area contributed by atoms with E-state index in [0.29, 0.717) is 21.2 Å². The van der Waals surface area contributed by atoms with E-state index in [1.54, 1.807) is 0 Å². The lowest BCUT2D eigenvalue weighted by Gasteiger charge is -2.06. The zero-order valence-electron chi connectivity index (χ0n) is 14.5. The van der Waals surface area contributed by atoms with Crippen LogP contribution in [0, 0.1) is 29.6 Å². The first-order valence-corrected chi connectivity index (χ1v) is 10.7. The zero-order valence-corrected chi connectivity index (χ0v) is 17.7. The summed E-state index contributed by atoms with van der Waals surface area (Å²) in [6.07, 6.45) is 3.72. The number of pyridine rings is 1. The number of thiazole rings is 1. The molecule has 0 saturated heterocycles. The molecular formula is C20H13BrN4S2. The van der Waals surface area contributed by atoms with Gasteiger partial charge in [0.2, 0.25) is 0 Å². The number of thioether (sulfide) groups is 1. The summed E-state index contributed by atoms with van der Waals surface area (Å²) in [5.41, 5.74) is 4.31. The van der Waals surface area contributed by atoms with Crippen molar-refractivity contribution in [3.63, 3.8) is 0 Å². The van der Waals surface area contributed by atoms with E-state index in [9.17, 15) is 10.5 Å². The van der Waals surface area contributed by atoms with Crippen LogP contribution >= 0.6 is 39.0 Å². The summed E-state index contributed by atoms with van der Waals surface area (Å²) in [5, 5.41) is 22.2. The fourth-order valence-electron chi connectivity index (χ4n) is 2.47. The predicted octanol–water partition coefficient (Wildman–Crippen LogP) is 5.93. The molecule has 132 valence electrons. The van der Waals surface area contributed by atoms with Gasteiger partial charge in [-0.25, -0.2) is 9.97 Å². The van der Waals surface area contributed by atoms with Crippen LogP contribution in [0.5, 0.6) is 0 Å². The van der Waals surface area contributed by atoms with Gasteiger partial charge in [0.25, 0.3) is 0 Å². The Morgan fingerprint density at radius 2 is 1.96 bits per heavy atom. The maximum atomic E-state index is 9.56. The number of allylic oxidation sites excluding steroid dienone is 1. The molecule has 2 aromatic heterocycles. The van der Waals surface area contributed by atoms with Crippen molar-refractivity contribution in [1.29, 1.82) is 10.5 Å². The van der Waals surface area contributed by atoms with Gasteiger partial charge in [0.1, 0.15) is 22.2 Å². The van der Waals surface area contributed by atoms with Crippen molar-refractivity contribution in [2.24, 2.45) is 0 Å². The largest absolute Gasteiger partial charge is 0.245 e. The number of hydrogen-bond acceptors (Lipinski definition) is 6. The molecule has 3 rings (SSSR count). The Balaban J connectivity index is 2.00. The first-order valence-electron chi connectivity index (χ1n) is 7.85. The van der Waals surface area contributed by atoms with Crippen molar-refractivity contribution in [2.75, 3.05) is 6.26 Å². The Kier molecular flexibility index (Phi) is 6.08. The van der Waals surface area contributed by atoms with Gasteiger partial charge in [-0.05, 0) is 43.0 Å². The van der Waals surface area contributed by atoms with Gasteiger partial charge in [-0.2, -0.15) is 10.5 Å². The maximum Gasteiger partial charge on any atom is 0.134 e. The lowest BCUT2D eigenvalue weighted by molar-refractivity contribution is 1.05. The van der Waals surface area contributed by atoms with Gasteiger partial charge in [-0.3, -0.25) is 0 Å². The molecule has 0 aliphatic rings. The molecule has 0 unspecified atom stereocenters. The summed E-state index contributed by atoms with van der Waals surface area (Å²) >= 11 is 6.26. The highest BCUT2D eigenvalue weighted by molar-refractivity contribution is 9.10. The second kappa shape index (κ2) is 8.49. The van der Waals surface area contributed by atoms with Gasteiger partial charge in [0.15, 0.2) is 0 Å². The van der Waals surface area contributed by atoms with Crippen molar-refractivity contribution in [3.05, 3.63) is 62.0 Å². The average Bonchev–Trinajstić information content (AvgIpc) is 3.16. The van der Waals surface area contributed by atoms with E-state index in [4.69, 9.17) is 0 Å². The van der Waals surface area contributed by atoms with Crippen molar-refractivity contribution in [2.45, 2.75) is 11.9 Å². The van der Waals surface area contributed by atoms with Crippen LogP contribution in [0.3, 0.4) is 0 Å². The van der Waals surface area contributed by atoms with E-state index in [2.05, 4.69) is 38.0 Å². The molecule has 27 heavy (non-hydrogen) atoms. The highest BCUT2D eigenvalue weighted by Crippen LogP contribution is 2.31. The second-order valence-corrected chi connectivity index (χ2v) is 8.12. The average molecular weight is 453 g/mol. The van der Waals surface area contributed by atoms with E-state index >= 15 is 0 Å².